The number of carbonyl (C=O) groups is 1. The highest BCUT2D eigenvalue weighted by Gasteiger charge is 2.37. The van der Waals surface area contributed by atoms with Crippen molar-refractivity contribution in [3.63, 3.8) is 0 Å². The van der Waals surface area contributed by atoms with Crippen LogP contribution in [0.3, 0.4) is 0 Å². The summed E-state index contributed by atoms with van der Waals surface area (Å²) in [6, 6.07) is 30.6. The fraction of sp³-hybridized carbons (Fsp3) is 0.185. The van der Waals surface area contributed by atoms with E-state index in [9.17, 15) is 4.79 Å². The summed E-state index contributed by atoms with van der Waals surface area (Å²) in [5.41, 5.74) is 3.41. The van der Waals surface area contributed by atoms with Crippen molar-refractivity contribution >= 4 is 5.91 Å². The molecule has 0 saturated heterocycles. The Kier molecular flexibility index (Phi) is 6.58. The molecule has 0 fully saturated rings. The molecule has 1 heterocycles. The van der Waals surface area contributed by atoms with Crippen molar-refractivity contribution in [1.82, 2.24) is 15.3 Å². The third-order valence-corrected chi connectivity index (χ3v) is 5.59. The molecule has 4 nitrogen and oxygen atoms in total. The third kappa shape index (κ3) is 4.75. The lowest BCUT2D eigenvalue weighted by atomic mass is 9.77. The molecule has 156 valence electrons. The Morgan fingerprint density at radius 3 is 1.74 bits per heavy atom. The maximum absolute atomic E-state index is 13.2. The number of amides is 1. The molecule has 3 aromatic carbocycles. The molecule has 0 aliphatic rings. The minimum atomic E-state index is -0.747. The molecule has 4 heteroatoms. The lowest BCUT2D eigenvalue weighted by Gasteiger charge is -2.37. The van der Waals surface area contributed by atoms with Gasteiger partial charge < -0.3 is 10.3 Å². The van der Waals surface area contributed by atoms with Crippen LogP contribution in [0.25, 0.3) is 0 Å². The van der Waals surface area contributed by atoms with E-state index in [0.29, 0.717) is 6.42 Å². The number of nitrogens with zero attached hydrogens (tertiary/aromatic N) is 1. The standard InChI is InChI=1S/C27H27N3O/c31-26(19-11-10-18-25-20-28-21-29-25)30-27(22-12-4-1-5-13-22,23-14-6-2-7-15-23)24-16-8-3-9-17-24/h1-9,12-17,20-21H,10-11,18-19H2,(H,28,29)(H,30,31). The molecule has 4 rings (SSSR count). The van der Waals surface area contributed by atoms with Gasteiger partial charge in [0, 0.05) is 12.6 Å². The number of benzene rings is 3. The number of aromatic amines is 1. The van der Waals surface area contributed by atoms with Crippen LogP contribution in [0.4, 0.5) is 0 Å². The lowest BCUT2D eigenvalue weighted by Crippen LogP contribution is -2.47. The number of hydrogen-bond donors (Lipinski definition) is 2. The molecular weight excluding hydrogens is 382 g/mol. The zero-order valence-corrected chi connectivity index (χ0v) is 17.5. The van der Waals surface area contributed by atoms with E-state index >= 15 is 0 Å². The highest BCUT2D eigenvalue weighted by Crippen LogP contribution is 2.36. The maximum atomic E-state index is 13.2. The van der Waals surface area contributed by atoms with Crippen molar-refractivity contribution in [3.05, 3.63) is 126 Å². The highest BCUT2D eigenvalue weighted by molar-refractivity contribution is 5.79. The number of unbranched alkanes of at least 4 members (excludes halogenated alkanes) is 1. The first-order chi connectivity index (χ1) is 15.3. The zero-order valence-electron chi connectivity index (χ0n) is 17.5. The van der Waals surface area contributed by atoms with Crippen LogP contribution in [0.1, 0.15) is 41.6 Å². The molecule has 2 N–H and O–H groups in total. The van der Waals surface area contributed by atoms with Gasteiger partial charge in [0.15, 0.2) is 0 Å². The van der Waals surface area contributed by atoms with Gasteiger partial charge in [0.05, 0.1) is 12.0 Å². The fourth-order valence-corrected chi connectivity index (χ4v) is 4.07. The summed E-state index contributed by atoms with van der Waals surface area (Å²) < 4.78 is 0. The smallest absolute Gasteiger partial charge is 0.221 e. The molecule has 0 radical (unpaired) electrons. The molecule has 0 unspecified atom stereocenters. The van der Waals surface area contributed by atoms with E-state index in [-0.39, 0.29) is 5.91 Å². The summed E-state index contributed by atoms with van der Waals surface area (Å²) in [7, 11) is 0. The largest absolute Gasteiger partial charge is 0.351 e. The molecule has 0 saturated carbocycles. The molecule has 0 atom stereocenters. The molecular formula is C27H27N3O. The molecule has 1 aromatic heterocycles. The van der Waals surface area contributed by atoms with Gasteiger partial charge in [-0.05, 0) is 36.0 Å². The van der Waals surface area contributed by atoms with Gasteiger partial charge in [-0.15, -0.1) is 0 Å². The molecule has 0 spiro atoms. The minimum Gasteiger partial charge on any atom is -0.351 e. The summed E-state index contributed by atoms with van der Waals surface area (Å²) in [4.78, 5) is 20.4. The molecule has 0 aliphatic heterocycles. The Morgan fingerprint density at radius 2 is 1.29 bits per heavy atom. The van der Waals surface area contributed by atoms with Crippen molar-refractivity contribution < 1.29 is 4.79 Å². The van der Waals surface area contributed by atoms with Crippen molar-refractivity contribution in [1.29, 1.82) is 0 Å². The van der Waals surface area contributed by atoms with Crippen molar-refractivity contribution in [2.45, 2.75) is 31.2 Å². The van der Waals surface area contributed by atoms with Crippen LogP contribution in [0.5, 0.6) is 0 Å². The topological polar surface area (TPSA) is 57.8 Å². The molecule has 4 aromatic rings. The van der Waals surface area contributed by atoms with E-state index in [0.717, 1.165) is 41.6 Å². The Balaban J connectivity index is 1.63. The van der Waals surface area contributed by atoms with Crippen LogP contribution in [0, 0.1) is 0 Å². The molecule has 0 bridgehead atoms. The second-order valence-electron chi connectivity index (χ2n) is 7.66. The first-order valence-corrected chi connectivity index (χ1v) is 10.7. The second kappa shape index (κ2) is 9.90. The second-order valence-corrected chi connectivity index (χ2v) is 7.66. The van der Waals surface area contributed by atoms with Crippen LogP contribution in [0.2, 0.25) is 0 Å². The highest BCUT2D eigenvalue weighted by atomic mass is 16.1. The number of rotatable bonds is 9. The zero-order chi connectivity index (χ0) is 21.4. The molecule has 31 heavy (non-hydrogen) atoms. The fourth-order valence-electron chi connectivity index (χ4n) is 4.07. The number of carbonyl (C=O) groups excluding carboxylic acids is 1. The Morgan fingerprint density at radius 1 is 0.774 bits per heavy atom. The summed E-state index contributed by atoms with van der Waals surface area (Å²) in [6.45, 7) is 0. The number of hydrogen-bond acceptors (Lipinski definition) is 2. The summed E-state index contributed by atoms with van der Waals surface area (Å²) in [5, 5.41) is 3.41. The van der Waals surface area contributed by atoms with Gasteiger partial charge in [-0.2, -0.15) is 0 Å². The summed E-state index contributed by atoms with van der Waals surface area (Å²) in [5.74, 6) is 0.0404. The third-order valence-electron chi connectivity index (χ3n) is 5.59. The SMILES string of the molecule is O=C(CCCCc1c[nH]cn1)NC(c1ccccc1)(c1ccccc1)c1ccccc1. The van der Waals surface area contributed by atoms with Crippen LogP contribution >= 0.6 is 0 Å². The minimum absolute atomic E-state index is 0.0404. The van der Waals surface area contributed by atoms with Crippen LogP contribution in [-0.2, 0) is 16.8 Å². The van der Waals surface area contributed by atoms with E-state index in [1.165, 1.54) is 0 Å². The van der Waals surface area contributed by atoms with Gasteiger partial charge >= 0.3 is 0 Å². The Hall–Kier alpha value is -3.66. The van der Waals surface area contributed by atoms with Gasteiger partial charge in [0.2, 0.25) is 5.91 Å². The monoisotopic (exact) mass is 409 g/mol. The first-order valence-electron chi connectivity index (χ1n) is 10.7. The quantitative estimate of drug-likeness (QED) is 0.294. The summed E-state index contributed by atoms with van der Waals surface area (Å²) in [6.07, 6.45) is 6.68. The van der Waals surface area contributed by atoms with E-state index in [1.807, 2.05) is 60.8 Å². The van der Waals surface area contributed by atoms with Crippen molar-refractivity contribution in [2.75, 3.05) is 0 Å². The average molecular weight is 410 g/mol. The van der Waals surface area contributed by atoms with Crippen LogP contribution < -0.4 is 5.32 Å². The van der Waals surface area contributed by atoms with Crippen LogP contribution in [-0.4, -0.2) is 15.9 Å². The lowest BCUT2D eigenvalue weighted by molar-refractivity contribution is -0.122. The number of imidazole rings is 1. The van der Waals surface area contributed by atoms with Crippen molar-refractivity contribution in [2.24, 2.45) is 0 Å². The number of aryl methyl sites for hydroxylation is 1. The van der Waals surface area contributed by atoms with E-state index in [1.54, 1.807) is 6.33 Å². The number of aromatic nitrogens is 2. The average Bonchev–Trinajstić information content (AvgIpc) is 3.36. The predicted molar refractivity (Wildman–Crippen MR) is 123 cm³/mol. The Labute approximate surface area is 183 Å². The number of nitrogens with one attached hydrogen (secondary N) is 2. The van der Waals surface area contributed by atoms with E-state index in [2.05, 4.69) is 51.7 Å². The van der Waals surface area contributed by atoms with Gasteiger partial charge in [-0.3, -0.25) is 4.79 Å². The van der Waals surface area contributed by atoms with Gasteiger partial charge in [0.1, 0.15) is 5.54 Å². The maximum Gasteiger partial charge on any atom is 0.221 e. The van der Waals surface area contributed by atoms with E-state index < -0.39 is 5.54 Å². The predicted octanol–water partition coefficient (Wildman–Crippen LogP) is 5.23. The molecule has 0 aliphatic carbocycles. The van der Waals surface area contributed by atoms with Gasteiger partial charge in [0.25, 0.3) is 0 Å². The van der Waals surface area contributed by atoms with Crippen molar-refractivity contribution in [3.8, 4) is 0 Å². The summed E-state index contributed by atoms with van der Waals surface area (Å²) >= 11 is 0. The first kappa shape index (κ1) is 20.6. The Bertz CT molecular complexity index is 965. The normalized spacial score (nSPS) is 11.2. The van der Waals surface area contributed by atoms with E-state index in [4.69, 9.17) is 0 Å². The van der Waals surface area contributed by atoms with Gasteiger partial charge in [-0.1, -0.05) is 91.0 Å². The number of H-pyrrole nitrogens is 1. The van der Waals surface area contributed by atoms with Gasteiger partial charge in [-0.25, -0.2) is 4.98 Å². The van der Waals surface area contributed by atoms with Crippen LogP contribution in [0.15, 0.2) is 104 Å². The molecule has 1 amide bonds.